The quantitative estimate of drug-likeness (QED) is 0.0285. The fourth-order valence-electron chi connectivity index (χ4n) is 5.26. The third-order valence-electron chi connectivity index (χ3n) is 8.15. The molecule has 0 rings (SSSR count). The summed E-state index contributed by atoms with van der Waals surface area (Å²) in [7, 11) is -4.36. The zero-order valence-corrected chi connectivity index (χ0v) is 31.2. The fourth-order valence-corrected chi connectivity index (χ4v) is 6.03. The van der Waals surface area contributed by atoms with Gasteiger partial charge in [0.05, 0.1) is 13.2 Å². The standard InChI is InChI=1S/C37H72NO8P/c1-3-5-7-9-11-13-15-16-17-18-20-21-23-25-27-29-36(39)43-33-35(34-45-47(41,42)44-32-31-38)46-37(40)30-28-26-24-22-19-14-12-10-8-6-4-2/h10,12,35H,3-9,11,13-34,38H2,1-2H3,(H,41,42)/b12-10+/t35-/m1/s1. The molecule has 0 heterocycles. The number of allylic oxidation sites excluding steroid dienone is 2. The first kappa shape index (κ1) is 45.8. The van der Waals surface area contributed by atoms with Gasteiger partial charge in [-0.15, -0.1) is 0 Å². The Morgan fingerprint density at radius 3 is 1.57 bits per heavy atom. The van der Waals surface area contributed by atoms with Crippen LogP contribution in [0.2, 0.25) is 0 Å². The van der Waals surface area contributed by atoms with Crippen LogP contribution in [0.5, 0.6) is 0 Å². The van der Waals surface area contributed by atoms with Crippen LogP contribution >= 0.6 is 7.82 Å². The number of nitrogens with two attached hydrogens (primary N) is 1. The molecule has 0 saturated carbocycles. The van der Waals surface area contributed by atoms with Crippen molar-refractivity contribution in [1.82, 2.24) is 0 Å². The maximum Gasteiger partial charge on any atom is 0.472 e. The molecule has 0 aromatic rings. The molecule has 0 aliphatic carbocycles. The van der Waals surface area contributed by atoms with Gasteiger partial charge in [-0.05, 0) is 32.1 Å². The third-order valence-corrected chi connectivity index (χ3v) is 9.14. The molecule has 0 bridgehead atoms. The molecule has 0 amide bonds. The largest absolute Gasteiger partial charge is 0.472 e. The summed E-state index contributed by atoms with van der Waals surface area (Å²) in [5, 5.41) is 0. The molecule has 278 valence electrons. The Bertz CT molecular complexity index is 794. The molecule has 3 N–H and O–H groups in total. The van der Waals surface area contributed by atoms with Gasteiger partial charge < -0.3 is 20.1 Å². The number of hydrogen-bond acceptors (Lipinski definition) is 8. The molecule has 0 aliphatic rings. The van der Waals surface area contributed by atoms with Gasteiger partial charge in [-0.1, -0.05) is 148 Å². The highest BCUT2D eigenvalue weighted by Gasteiger charge is 2.25. The van der Waals surface area contributed by atoms with Crippen molar-refractivity contribution in [3.05, 3.63) is 12.2 Å². The van der Waals surface area contributed by atoms with E-state index in [2.05, 4.69) is 26.0 Å². The Morgan fingerprint density at radius 1 is 0.617 bits per heavy atom. The summed E-state index contributed by atoms with van der Waals surface area (Å²) in [5.41, 5.74) is 5.33. The Morgan fingerprint density at radius 2 is 1.06 bits per heavy atom. The topological polar surface area (TPSA) is 134 Å². The molecule has 0 radical (unpaired) electrons. The molecule has 0 aromatic heterocycles. The van der Waals surface area contributed by atoms with E-state index in [-0.39, 0.29) is 38.6 Å². The molecule has 1 unspecified atom stereocenters. The second kappa shape index (κ2) is 34.6. The number of carbonyl (C=O) groups is 2. The summed E-state index contributed by atoms with van der Waals surface area (Å²) in [6.45, 7) is 3.68. The van der Waals surface area contributed by atoms with E-state index in [0.29, 0.717) is 6.42 Å². The van der Waals surface area contributed by atoms with E-state index in [4.69, 9.17) is 24.3 Å². The van der Waals surface area contributed by atoms with Crippen LogP contribution in [0.25, 0.3) is 0 Å². The zero-order chi connectivity index (χ0) is 34.7. The molecular formula is C37H72NO8P. The predicted molar refractivity (Wildman–Crippen MR) is 192 cm³/mol. The lowest BCUT2D eigenvalue weighted by atomic mass is 10.0. The summed E-state index contributed by atoms with van der Waals surface area (Å²) in [4.78, 5) is 34.6. The van der Waals surface area contributed by atoms with Crippen molar-refractivity contribution in [3.8, 4) is 0 Å². The average Bonchev–Trinajstić information content (AvgIpc) is 3.05. The maximum absolute atomic E-state index is 12.5. The Hall–Kier alpha value is -1.25. The summed E-state index contributed by atoms with van der Waals surface area (Å²) in [5.74, 6) is -0.834. The summed E-state index contributed by atoms with van der Waals surface area (Å²) in [6, 6.07) is 0. The Balaban J connectivity index is 4.18. The highest BCUT2D eigenvalue weighted by molar-refractivity contribution is 7.47. The summed E-state index contributed by atoms with van der Waals surface area (Å²) >= 11 is 0. The molecule has 9 nitrogen and oxygen atoms in total. The summed E-state index contributed by atoms with van der Waals surface area (Å²) in [6.07, 6.45) is 32.4. The van der Waals surface area contributed by atoms with Crippen molar-refractivity contribution < 1.29 is 37.6 Å². The molecule has 0 aromatic carbocycles. The average molecular weight is 690 g/mol. The van der Waals surface area contributed by atoms with Gasteiger partial charge in [0.1, 0.15) is 6.61 Å². The number of unbranched alkanes of at least 4 members (excludes halogenated alkanes) is 21. The first-order chi connectivity index (χ1) is 22.8. The smallest absolute Gasteiger partial charge is 0.462 e. The molecule has 10 heteroatoms. The normalized spacial score (nSPS) is 13.5. The van der Waals surface area contributed by atoms with Crippen LogP contribution in [0, 0.1) is 0 Å². The molecule has 0 aliphatic heterocycles. The first-order valence-electron chi connectivity index (χ1n) is 19.2. The highest BCUT2D eigenvalue weighted by Crippen LogP contribution is 2.43. The number of phosphoric ester groups is 1. The lowest BCUT2D eigenvalue weighted by Crippen LogP contribution is -2.29. The van der Waals surface area contributed by atoms with Crippen molar-refractivity contribution in [1.29, 1.82) is 0 Å². The van der Waals surface area contributed by atoms with Crippen LogP contribution in [0.4, 0.5) is 0 Å². The number of carbonyl (C=O) groups excluding carboxylic acids is 2. The molecule has 47 heavy (non-hydrogen) atoms. The number of rotatable bonds is 36. The van der Waals surface area contributed by atoms with E-state index < -0.39 is 26.5 Å². The third kappa shape index (κ3) is 34.4. The minimum absolute atomic E-state index is 0.0545. The van der Waals surface area contributed by atoms with Gasteiger partial charge in [0.2, 0.25) is 0 Å². The molecular weight excluding hydrogens is 617 g/mol. The van der Waals surface area contributed by atoms with E-state index in [1.165, 1.54) is 89.9 Å². The zero-order valence-electron chi connectivity index (χ0n) is 30.3. The molecule has 2 atom stereocenters. The number of hydrogen-bond donors (Lipinski definition) is 2. The minimum Gasteiger partial charge on any atom is -0.462 e. The SMILES string of the molecule is CCCC/C=C/CCCCCCCC(=O)O[C@H](COC(=O)CCCCCCCCCCCCCCCCC)COP(=O)(O)OCCN. The number of esters is 2. The van der Waals surface area contributed by atoms with Crippen LogP contribution < -0.4 is 5.73 Å². The first-order valence-corrected chi connectivity index (χ1v) is 20.7. The van der Waals surface area contributed by atoms with Gasteiger partial charge in [0, 0.05) is 19.4 Å². The van der Waals surface area contributed by atoms with Crippen LogP contribution in [0.1, 0.15) is 181 Å². The van der Waals surface area contributed by atoms with Gasteiger partial charge in [-0.3, -0.25) is 18.6 Å². The van der Waals surface area contributed by atoms with Crippen LogP contribution in [-0.4, -0.2) is 49.3 Å². The van der Waals surface area contributed by atoms with E-state index in [1.807, 2.05) is 0 Å². The minimum atomic E-state index is -4.36. The van der Waals surface area contributed by atoms with E-state index in [9.17, 15) is 19.0 Å². The van der Waals surface area contributed by atoms with Gasteiger partial charge in [-0.2, -0.15) is 0 Å². The van der Waals surface area contributed by atoms with Gasteiger partial charge in [-0.25, -0.2) is 4.57 Å². The van der Waals surface area contributed by atoms with Crippen molar-refractivity contribution >= 4 is 19.8 Å². The van der Waals surface area contributed by atoms with Gasteiger partial charge >= 0.3 is 19.8 Å². The second-order valence-electron chi connectivity index (χ2n) is 12.8. The predicted octanol–water partition coefficient (Wildman–Crippen LogP) is 10.3. The molecule has 0 saturated heterocycles. The van der Waals surface area contributed by atoms with E-state index >= 15 is 0 Å². The van der Waals surface area contributed by atoms with Crippen LogP contribution in [0.15, 0.2) is 12.2 Å². The summed E-state index contributed by atoms with van der Waals surface area (Å²) < 4.78 is 32.6. The lowest BCUT2D eigenvalue weighted by molar-refractivity contribution is -0.161. The fraction of sp³-hybridized carbons (Fsp3) is 0.892. The second-order valence-corrected chi connectivity index (χ2v) is 14.3. The van der Waals surface area contributed by atoms with Crippen molar-refractivity contribution in [2.45, 2.75) is 187 Å². The van der Waals surface area contributed by atoms with Crippen molar-refractivity contribution in [2.75, 3.05) is 26.4 Å². The van der Waals surface area contributed by atoms with Crippen molar-refractivity contribution in [3.63, 3.8) is 0 Å². The molecule has 0 spiro atoms. The lowest BCUT2D eigenvalue weighted by Gasteiger charge is -2.19. The van der Waals surface area contributed by atoms with Gasteiger partial charge in [0.15, 0.2) is 6.10 Å². The van der Waals surface area contributed by atoms with E-state index in [0.717, 1.165) is 57.8 Å². The Labute approximate surface area is 288 Å². The van der Waals surface area contributed by atoms with Crippen molar-refractivity contribution in [2.24, 2.45) is 5.73 Å². The number of ether oxygens (including phenoxy) is 2. The Kier molecular flexibility index (Phi) is 33.7. The molecule has 0 fully saturated rings. The number of phosphoric acid groups is 1. The van der Waals surface area contributed by atoms with E-state index in [1.54, 1.807) is 0 Å². The monoisotopic (exact) mass is 689 g/mol. The van der Waals surface area contributed by atoms with Gasteiger partial charge in [0.25, 0.3) is 0 Å². The maximum atomic E-state index is 12.5. The van der Waals surface area contributed by atoms with Crippen LogP contribution in [-0.2, 0) is 32.7 Å². The highest BCUT2D eigenvalue weighted by atomic mass is 31.2. The van der Waals surface area contributed by atoms with Crippen LogP contribution in [0.3, 0.4) is 0 Å².